The van der Waals surface area contributed by atoms with Gasteiger partial charge in [-0.15, -0.1) is 0 Å². The average Bonchev–Trinajstić information content (AvgIpc) is 2.67. The first-order valence-corrected chi connectivity index (χ1v) is 11.7. The largest absolute Gasteiger partial charge is 0.303 e. The molecule has 2 heteroatoms. The summed E-state index contributed by atoms with van der Waals surface area (Å²) in [6, 6.07) is 0. The monoisotopic (exact) mass is 392 g/mol. The van der Waals surface area contributed by atoms with Crippen molar-refractivity contribution in [2.75, 3.05) is 0 Å². The molecule has 0 heterocycles. The topological polar surface area (TPSA) is 34.1 Å². The molecule has 0 fully saturated rings. The Morgan fingerprint density at radius 1 is 0.786 bits per heavy atom. The minimum atomic E-state index is 0.245. The first-order chi connectivity index (χ1) is 13.5. The molecule has 0 saturated heterocycles. The molecular formula is C26H48O2. The van der Waals surface area contributed by atoms with E-state index in [9.17, 15) is 9.59 Å². The van der Waals surface area contributed by atoms with Gasteiger partial charge < -0.3 is 4.79 Å². The van der Waals surface area contributed by atoms with Gasteiger partial charge >= 0.3 is 0 Å². The van der Waals surface area contributed by atoms with Crippen LogP contribution in [0.5, 0.6) is 0 Å². The molecule has 0 saturated carbocycles. The van der Waals surface area contributed by atoms with Gasteiger partial charge in [-0.05, 0) is 57.9 Å². The van der Waals surface area contributed by atoms with Crippen molar-refractivity contribution in [3.8, 4) is 0 Å². The van der Waals surface area contributed by atoms with Gasteiger partial charge in [0.1, 0.15) is 12.6 Å². The molecule has 2 unspecified atom stereocenters. The van der Waals surface area contributed by atoms with Crippen molar-refractivity contribution in [3.05, 3.63) is 23.8 Å². The third-order valence-electron chi connectivity index (χ3n) is 4.99. The van der Waals surface area contributed by atoms with E-state index in [2.05, 4.69) is 33.8 Å². The molecule has 28 heavy (non-hydrogen) atoms. The van der Waals surface area contributed by atoms with Crippen LogP contribution in [0.1, 0.15) is 118 Å². The summed E-state index contributed by atoms with van der Waals surface area (Å²) in [6.45, 7) is 10.8. The molecule has 0 aliphatic heterocycles. The SMILES string of the molecule is CC(C)=CCCC(C)CCCC(C)C=O.CCCCCCCCC/C=C/C=O. The first-order valence-electron chi connectivity index (χ1n) is 11.7. The van der Waals surface area contributed by atoms with Crippen LogP contribution in [0.2, 0.25) is 0 Å². The Balaban J connectivity index is 0. The standard InChI is InChI=1S/C14H26O.C12H22O/c1-12(2)7-5-8-13(3)9-6-10-14(4)11-15;1-2-3-4-5-6-7-8-9-10-11-12-13/h7,11,13-14H,5-6,8-10H2,1-4H3;10-12H,2-9H2,1H3/b;11-10+. The lowest BCUT2D eigenvalue weighted by molar-refractivity contribution is -0.110. The van der Waals surface area contributed by atoms with Crippen LogP contribution < -0.4 is 0 Å². The summed E-state index contributed by atoms with van der Waals surface area (Å²) >= 11 is 0. The molecule has 2 nitrogen and oxygen atoms in total. The predicted octanol–water partition coefficient (Wildman–Crippen LogP) is 8.26. The third-order valence-corrected chi connectivity index (χ3v) is 4.99. The maximum absolute atomic E-state index is 10.4. The molecule has 0 bridgehead atoms. The Hall–Kier alpha value is -1.18. The Kier molecular flexibility index (Phi) is 24.7. The Bertz CT molecular complexity index is 391. The van der Waals surface area contributed by atoms with E-state index in [-0.39, 0.29) is 5.92 Å². The van der Waals surface area contributed by atoms with Gasteiger partial charge in [-0.25, -0.2) is 0 Å². The highest BCUT2D eigenvalue weighted by atomic mass is 16.1. The fourth-order valence-corrected chi connectivity index (χ4v) is 3.03. The van der Waals surface area contributed by atoms with Crippen molar-refractivity contribution >= 4 is 12.6 Å². The lowest BCUT2D eigenvalue weighted by atomic mass is 9.95. The number of unbranched alkanes of at least 4 members (excludes halogenated alkanes) is 7. The van der Waals surface area contributed by atoms with E-state index in [4.69, 9.17) is 0 Å². The molecule has 0 amide bonds. The van der Waals surface area contributed by atoms with Crippen LogP contribution in [-0.2, 0) is 9.59 Å². The van der Waals surface area contributed by atoms with Crippen molar-refractivity contribution in [1.82, 2.24) is 0 Å². The van der Waals surface area contributed by atoms with E-state index in [1.165, 1.54) is 76.2 Å². The summed E-state index contributed by atoms with van der Waals surface area (Å²) in [5.41, 5.74) is 1.41. The molecule has 2 atom stereocenters. The number of hydrogen-bond donors (Lipinski definition) is 0. The highest BCUT2D eigenvalue weighted by Crippen LogP contribution is 2.16. The summed E-state index contributed by atoms with van der Waals surface area (Å²) in [4.78, 5) is 20.3. The second-order valence-corrected chi connectivity index (χ2v) is 8.48. The summed E-state index contributed by atoms with van der Waals surface area (Å²) in [5, 5.41) is 0. The van der Waals surface area contributed by atoms with Crippen molar-refractivity contribution in [3.63, 3.8) is 0 Å². The zero-order valence-electron chi connectivity index (χ0n) is 19.6. The molecule has 0 rings (SSSR count). The normalized spacial score (nSPS) is 12.8. The van der Waals surface area contributed by atoms with Gasteiger partial charge in [0.2, 0.25) is 0 Å². The van der Waals surface area contributed by atoms with Crippen molar-refractivity contribution < 1.29 is 9.59 Å². The van der Waals surface area contributed by atoms with Gasteiger partial charge in [0, 0.05) is 5.92 Å². The van der Waals surface area contributed by atoms with Crippen molar-refractivity contribution in [2.45, 2.75) is 118 Å². The maximum Gasteiger partial charge on any atom is 0.142 e. The fraction of sp³-hybridized carbons (Fsp3) is 0.769. The molecule has 0 radical (unpaired) electrons. The summed E-state index contributed by atoms with van der Waals surface area (Å²) < 4.78 is 0. The van der Waals surface area contributed by atoms with E-state index in [1.807, 2.05) is 13.0 Å². The van der Waals surface area contributed by atoms with Crippen LogP contribution in [0.3, 0.4) is 0 Å². The molecule has 164 valence electrons. The van der Waals surface area contributed by atoms with Crippen LogP contribution in [0.4, 0.5) is 0 Å². The van der Waals surface area contributed by atoms with Crippen LogP contribution >= 0.6 is 0 Å². The van der Waals surface area contributed by atoms with E-state index in [1.54, 1.807) is 6.08 Å². The van der Waals surface area contributed by atoms with Crippen LogP contribution in [0.15, 0.2) is 23.8 Å². The molecule has 0 aromatic heterocycles. The van der Waals surface area contributed by atoms with Gasteiger partial charge in [-0.1, -0.05) is 89.9 Å². The molecule has 0 aliphatic carbocycles. The zero-order chi connectivity index (χ0) is 21.5. The minimum absolute atomic E-state index is 0.245. The number of allylic oxidation sites excluding steroid dienone is 4. The highest BCUT2D eigenvalue weighted by molar-refractivity contribution is 5.64. The fourth-order valence-electron chi connectivity index (χ4n) is 3.03. The molecule has 0 aromatic carbocycles. The Labute approximate surface area is 176 Å². The minimum Gasteiger partial charge on any atom is -0.303 e. The van der Waals surface area contributed by atoms with Gasteiger partial charge in [-0.3, -0.25) is 4.79 Å². The maximum atomic E-state index is 10.4. The molecule has 0 aromatic rings. The smallest absolute Gasteiger partial charge is 0.142 e. The van der Waals surface area contributed by atoms with E-state index in [0.717, 1.165) is 31.3 Å². The zero-order valence-corrected chi connectivity index (χ0v) is 19.6. The molecule has 0 N–H and O–H groups in total. The molecule has 0 aliphatic rings. The second-order valence-electron chi connectivity index (χ2n) is 8.48. The van der Waals surface area contributed by atoms with Crippen LogP contribution in [0.25, 0.3) is 0 Å². The number of carbonyl (C=O) groups is 2. The van der Waals surface area contributed by atoms with Crippen LogP contribution in [0, 0.1) is 11.8 Å². The van der Waals surface area contributed by atoms with E-state index >= 15 is 0 Å². The van der Waals surface area contributed by atoms with Crippen LogP contribution in [-0.4, -0.2) is 12.6 Å². The number of aldehydes is 2. The predicted molar refractivity (Wildman–Crippen MR) is 125 cm³/mol. The Morgan fingerprint density at radius 2 is 1.43 bits per heavy atom. The Morgan fingerprint density at radius 3 is 2.00 bits per heavy atom. The van der Waals surface area contributed by atoms with E-state index < -0.39 is 0 Å². The summed E-state index contributed by atoms with van der Waals surface area (Å²) in [5.74, 6) is 1.04. The van der Waals surface area contributed by atoms with Gasteiger partial charge in [0.15, 0.2) is 0 Å². The number of hydrogen-bond acceptors (Lipinski definition) is 2. The molecular weight excluding hydrogens is 344 g/mol. The van der Waals surface area contributed by atoms with Gasteiger partial charge in [-0.2, -0.15) is 0 Å². The summed E-state index contributed by atoms with van der Waals surface area (Å²) in [7, 11) is 0. The first kappa shape index (κ1) is 29.0. The number of carbonyl (C=O) groups excluding carboxylic acids is 2. The van der Waals surface area contributed by atoms with Crippen molar-refractivity contribution in [2.24, 2.45) is 11.8 Å². The van der Waals surface area contributed by atoms with Gasteiger partial charge in [0.25, 0.3) is 0 Å². The average molecular weight is 393 g/mol. The lowest BCUT2D eigenvalue weighted by Gasteiger charge is -2.10. The van der Waals surface area contributed by atoms with Gasteiger partial charge in [0.05, 0.1) is 0 Å². The van der Waals surface area contributed by atoms with E-state index in [0.29, 0.717) is 0 Å². The number of rotatable bonds is 17. The molecule has 0 spiro atoms. The second kappa shape index (κ2) is 23.9. The quantitative estimate of drug-likeness (QED) is 0.108. The third kappa shape index (κ3) is 27.0. The summed E-state index contributed by atoms with van der Waals surface area (Å²) in [6.07, 6.45) is 24.2. The van der Waals surface area contributed by atoms with Crippen molar-refractivity contribution in [1.29, 1.82) is 0 Å². The highest BCUT2D eigenvalue weighted by Gasteiger charge is 2.03. The lowest BCUT2D eigenvalue weighted by Crippen LogP contribution is -1.99.